The van der Waals surface area contributed by atoms with Crippen molar-refractivity contribution in [1.29, 1.82) is 0 Å². The summed E-state index contributed by atoms with van der Waals surface area (Å²) in [6.45, 7) is 4.98. The lowest BCUT2D eigenvalue weighted by atomic mass is 9.73. The van der Waals surface area contributed by atoms with Crippen LogP contribution >= 0.6 is 0 Å². The van der Waals surface area contributed by atoms with Crippen molar-refractivity contribution >= 4 is 16.9 Å². The van der Waals surface area contributed by atoms with E-state index in [1.54, 1.807) is 26.4 Å². The Hall–Kier alpha value is -4.89. The number of phenolic OH excluding ortho intramolecular Hbond substituents is 2. The van der Waals surface area contributed by atoms with E-state index < -0.39 is 36.3 Å². The number of benzene rings is 3. The van der Waals surface area contributed by atoms with Crippen LogP contribution in [0.5, 0.6) is 40.2 Å². The zero-order valence-corrected chi connectivity index (χ0v) is 32.2. The van der Waals surface area contributed by atoms with E-state index in [4.69, 9.17) is 32.8 Å². The number of carbonyl (C=O) groups excluding carboxylic acids is 1. The van der Waals surface area contributed by atoms with Crippen molar-refractivity contribution in [2.75, 3.05) is 55.2 Å². The van der Waals surface area contributed by atoms with Gasteiger partial charge in [-0.15, -0.1) is 0 Å². The van der Waals surface area contributed by atoms with Crippen LogP contribution < -0.4 is 29.0 Å². The molecule has 14 heteroatoms. The number of aromatic hydroxyl groups is 2. The van der Waals surface area contributed by atoms with Gasteiger partial charge in [-0.05, 0) is 58.0 Å². The lowest BCUT2D eigenvalue weighted by molar-refractivity contribution is -0.171. The highest BCUT2D eigenvalue weighted by Crippen LogP contribution is 2.58. The van der Waals surface area contributed by atoms with E-state index in [0.29, 0.717) is 76.9 Å². The highest BCUT2D eigenvalue weighted by molar-refractivity contribution is 5.96. The molecule has 4 aliphatic heterocycles. The predicted octanol–water partition coefficient (Wildman–Crippen LogP) is 4.68. The maximum Gasteiger partial charge on any atom is 0.287 e. The van der Waals surface area contributed by atoms with Crippen LogP contribution in [0.1, 0.15) is 68.9 Å². The molecule has 1 amide bonds. The first-order chi connectivity index (χ1) is 26.5. The summed E-state index contributed by atoms with van der Waals surface area (Å²) in [5.74, 6) is 1.98. The number of carbonyl (C=O) groups is 1. The summed E-state index contributed by atoms with van der Waals surface area (Å²) in [6, 6.07) is 5.08. The van der Waals surface area contributed by atoms with E-state index in [1.165, 1.54) is 14.2 Å². The number of likely N-dealkylation sites (N-methyl/N-ethyl adjacent to an activating group) is 1. The largest absolute Gasteiger partial charge is 0.504 e. The van der Waals surface area contributed by atoms with E-state index in [0.717, 1.165) is 29.4 Å². The number of furan rings is 1. The molecule has 0 saturated carbocycles. The lowest BCUT2D eigenvalue weighted by Crippen LogP contribution is -2.69. The highest BCUT2D eigenvalue weighted by atomic mass is 16.5. The molecule has 4 aromatic rings. The molecular weight excluding hydrogens is 710 g/mol. The molecule has 8 rings (SSSR count). The van der Waals surface area contributed by atoms with Gasteiger partial charge >= 0.3 is 0 Å². The second-order valence-electron chi connectivity index (χ2n) is 14.8. The van der Waals surface area contributed by atoms with Crippen molar-refractivity contribution in [1.82, 2.24) is 15.1 Å². The Morgan fingerprint density at radius 3 is 2.09 bits per heavy atom. The number of aliphatic hydroxyl groups excluding tert-OH is 1. The zero-order chi connectivity index (χ0) is 38.9. The minimum Gasteiger partial charge on any atom is -0.504 e. The quantitative estimate of drug-likeness (QED) is 0.186. The summed E-state index contributed by atoms with van der Waals surface area (Å²) in [4.78, 5) is 18.0. The number of nitrogens with zero attached hydrogens (tertiary/aromatic N) is 2. The fourth-order valence-electron chi connectivity index (χ4n) is 9.69. The van der Waals surface area contributed by atoms with Crippen molar-refractivity contribution in [2.24, 2.45) is 0 Å². The van der Waals surface area contributed by atoms with Gasteiger partial charge in [-0.2, -0.15) is 0 Å². The van der Waals surface area contributed by atoms with Crippen molar-refractivity contribution in [2.45, 2.75) is 76.0 Å². The predicted molar refractivity (Wildman–Crippen MR) is 201 cm³/mol. The van der Waals surface area contributed by atoms with Gasteiger partial charge in [-0.3, -0.25) is 14.6 Å². The molecule has 14 nitrogen and oxygen atoms in total. The summed E-state index contributed by atoms with van der Waals surface area (Å²) in [6.07, 6.45) is 1.34. The number of aliphatic hydroxyl groups is 1. The smallest absolute Gasteiger partial charge is 0.287 e. The van der Waals surface area contributed by atoms with Crippen molar-refractivity contribution in [3.8, 4) is 40.2 Å². The average Bonchev–Trinajstić information content (AvgIpc) is 3.60. The molecule has 3 aromatic carbocycles. The molecule has 0 radical (unpaired) electrons. The molecule has 2 saturated heterocycles. The topological polar surface area (TPSA) is 165 Å². The molecule has 4 N–H and O–H groups in total. The third-order valence-electron chi connectivity index (χ3n) is 12.1. The van der Waals surface area contributed by atoms with Gasteiger partial charge in [0.2, 0.25) is 0 Å². The van der Waals surface area contributed by atoms with E-state index in [-0.39, 0.29) is 35.7 Å². The van der Waals surface area contributed by atoms with Gasteiger partial charge in [0.25, 0.3) is 5.91 Å². The number of nitrogens with one attached hydrogen (secondary N) is 1. The van der Waals surface area contributed by atoms with Crippen molar-refractivity contribution in [3.05, 3.63) is 63.4 Å². The van der Waals surface area contributed by atoms with Crippen LogP contribution in [0.3, 0.4) is 0 Å². The molecule has 55 heavy (non-hydrogen) atoms. The molecular formula is C41H49N3O11. The number of hydrogen-bond donors (Lipinski definition) is 4. The molecule has 5 heterocycles. The molecule has 5 atom stereocenters. The molecule has 294 valence electrons. The Morgan fingerprint density at radius 2 is 1.45 bits per heavy atom. The molecule has 3 unspecified atom stereocenters. The van der Waals surface area contributed by atoms with Gasteiger partial charge in [0.05, 0.1) is 59.8 Å². The number of hydrogen-bond acceptors (Lipinski definition) is 13. The molecule has 0 aliphatic carbocycles. The van der Waals surface area contributed by atoms with E-state index >= 15 is 0 Å². The first-order valence-corrected chi connectivity index (χ1v) is 18.7. The third-order valence-corrected chi connectivity index (χ3v) is 12.1. The van der Waals surface area contributed by atoms with Crippen LogP contribution in [0.2, 0.25) is 0 Å². The fraction of sp³-hybridized carbons (Fsp3) is 0.488. The van der Waals surface area contributed by atoms with Crippen LogP contribution in [-0.2, 0) is 17.6 Å². The van der Waals surface area contributed by atoms with Crippen LogP contribution in [0, 0.1) is 13.8 Å². The van der Waals surface area contributed by atoms with Crippen molar-refractivity contribution < 1.29 is 53.0 Å². The summed E-state index contributed by atoms with van der Waals surface area (Å²) >= 11 is 0. The van der Waals surface area contributed by atoms with Gasteiger partial charge in [0, 0.05) is 64.2 Å². The Kier molecular flexibility index (Phi) is 9.64. The average molecular weight is 760 g/mol. The second kappa shape index (κ2) is 14.3. The normalized spacial score (nSPS) is 23.7. The maximum atomic E-state index is 13.9. The summed E-state index contributed by atoms with van der Waals surface area (Å²) < 4.78 is 41.0. The van der Waals surface area contributed by atoms with Gasteiger partial charge in [-0.1, -0.05) is 0 Å². The summed E-state index contributed by atoms with van der Waals surface area (Å²) in [5.41, 5.74) is 4.50. The number of amides is 1. The van der Waals surface area contributed by atoms with E-state index in [1.807, 2.05) is 37.9 Å². The molecule has 0 spiro atoms. The SMILES string of the molecule is COc1c(C)c(OC)c2c(c1O)C(CNC(=O)c1cc3cc(OC4CCOCC4)ccc3o1)N1C(C2)[C@H]2c3c(O)c(OC)c(C)c(OC)c3CC([C@@H]1O)N2C. The van der Waals surface area contributed by atoms with Crippen LogP contribution in [0.4, 0.5) is 0 Å². The fourth-order valence-corrected chi connectivity index (χ4v) is 9.69. The second-order valence-corrected chi connectivity index (χ2v) is 14.8. The number of ether oxygens (including phenoxy) is 6. The minimum atomic E-state index is -1.05. The maximum absolute atomic E-state index is 13.9. The Morgan fingerprint density at radius 1 is 0.855 bits per heavy atom. The number of rotatable bonds is 9. The molecule has 4 aliphatic rings. The molecule has 2 bridgehead atoms. The van der Waals surface area contributed by atoms with E-state index in [2.05, 4.69) is 10.2 Å². The Bertz CT molecular complexity index is 2140. The first kappa shape index (κ1) is 37.1. The number of methoxy groups -OCH3 is 4. The van der Waals surface area contributed by atoms with Gasteiger partial charge < -0.3 is 53.5 Å². The lowest BCUT2D eigenvalue weighted by Gasteiger charge is -2.60. The number of fused-ring (bicyclic) bond motifs is 8. The zero-order valence-electron chi connectivity index (χ0n) is 32.2. The number of piperazine rings is 1. The van der Waals surface area contributed by atoms with Crippen molar-refractivity contribution in [3.63, 3.8) is 0 Å². The standard InChI is InChI=1S/C41H49N3O11/c1-19-36(49-4)24-16-26-33-32-25(37(50-5)20(2)39(52-7)35(32)46)17-27(43(33)3)41(48)44(26)28(31(24)34(45)38(19)51-6)18-42-40(47)30-15-21-14-23(8-9-29(21)55-30)54-22-10-12-53-13-11-22/h8-9,14-15,22,26-28,33,41,45-46,48H,10-13,16-18H2,1-7H3,(H,42,47)/t26?,27?,28?,33-,41-/m0/s1. The highest BCUT2D eigenvalue weighted by Gasteiger charge is 2.56. The summed E-state index contributed by atoms with van der Waals surface area (Å²) in [7, 11) is 8.11. The van der Waals surface area contributed by atoms with Crippen LogP contribution in [0.25, 0.3) is 11.0 Å². The third kappa shape index (κ3) is 5.80. The minimum absolute atomic E-state index is 0.0139. The summed E-state index contributed by atoms with van der Waals surface area (Å²) in [5, 5.41) is 39.9. The Balaban J connectivity index is 1.19. The monoisotopic (exact) mass is 759 g/mol. The van der Waals surface area contributed by atoms with Crippen LogP contribution in [0.15, 0.2) is 28.7 Å². The van der Waals surface area contributed by atoms with Gasteiger partial charge in [0.1, 0.15) is 35.2 Å². The Labute approximate surface area is 319 Å². The van der Waals surface area contributed by atoms with E-state index in [9.17, 15) is 20.1 Å². The van der Waals surface area contributed by atoms with Gasteiger partial charge in [-0.25, -0.2) is 0 Å². The first-order valence-electron chi connectivity index (χ1n) is 18.7. The molecule has 1 aromatic heterocycles. The van der Waals surface area contributed by atoms with Crippen LogP contribution in [-0.4, -0.2) is 111 Å². The van der Waals surface area contributed by atoms with Gasteiger partial charge in [0.15, 0.2) is 28.8 Å². The number of phenols is 2. The molecule has 2 fully saturated rings.